The number of amidine groups is 2. The average Bonchev–Trinajstić information content (AvgIpc) is 2.68. The van der Waals surface area contributed by atoms with Crippen LogP contribution in [0.3, 0.4) is 0 Å². The molecule has 1 aliphatic heterocycles. The van der Waals surface area contributed by atoms with E-state index in [1.807, 2.05) is 60.8 Å². The van der Waals surface area contributed by atoms with Crippen LogP contribution in [-0.2, 0) is 6.42 Å². The van der Waals surface area contributed by atoms with Crippen molar-refractivity contribution in [2.24, 2.45) is 0 Å². The van der Waals surface area contributed by atoms with Crippen molar-refractivity contribution >= 4 is 17.4 Å². The van der Waals surface area contributed by atoms with Gasteiger partial charge >= 0.3 is 0 Å². The summed E-state index contributed by atoms with van der Waals surface area (Å²) in [5, 5.41) is 16.9. The van der Waals surface area contributed by atoms with E-state index < -0.39 is 0 Å². The normalized spacial score (nSPS) is 13.4. The highest BCUT2D eigenvalue weighted by molar-refractivity contribution is 6.24. The number of pyridine rings is 1. The molecule has 0 bridgehead atoms. The maximum absolute atomic E-state index is 8.58. The van der Waals surface area contributed by atoms with Crippen molar-refractivity contribution in [1.29, 1.82) is 10.8 Å². The standard InChI is InChI=1S/C21H18N4/c22-20-11-9-17-13-16(18-7-4-12-24-14-18)8-10-19(17)25(20)21(23)15-5-2-1-3-6-15/h1-8,10,12-14,22-23H,9,11H2. The molecule has 3 aromatic rings. The summed E-state index contributed by atoms with van der Waals surface area (Å²) in [7, 11) is 0. The third-order valence-electron chi connectivity index (χ3n) is 4.49. The molecule has 0 spiro atoms. The molecular formula is C21H18N4. The Bertz CT molecular complexity index is 933. The summed E-state index contributed by atoms with van der Waals surface area (Å²) < 4.78 is 0. The average molecular weight is 326 g/mol. The minimum atomic E-state index is 0.348. The monoisotopic (exact) mass is 326 g/mol. The molecule has 0 saturated heterocycles. The Balaban J connectivity index is 1.75. The minimum Gasteiger partial charge on any atom is -0.288 e. The number of anilines is 1. The van der Waals surface area contributed by atoms with Gasteiger partial charge in [-0.25, -0.2) is 0 Å². The number of aryl methyl sites for hydroxylation is 1. The first-order valence-electron chi connectivity index (χ1n) is 8.29. The first-order chi connectivity index (χ1) is 12.2. The highest BCUT2D eigenvalue weighted by Crippen LogP contribution is 2.33. The molecule has 0 fully saturated rings. The van der Waals surface area contributed by atoms with Crippen LogP contribution in [0.4, 0.5) is 5.69 Å². The van der Waals surface area contributed by atoms with Crippen LogP contribution in [0.1, 0.15) is 17.5 Å². The molecule has 0 saturated carbocycles. The van der Waals surface area contributed by atoms with E-state index in [4.69, 9.17) is 10.8 Å². The first-order valence-corrected chi connectivity index (χ1v) is 8.29. The van der Waals surface area contributed by atoms with Gasteiger partial charge in [0.05, 0.1) is 5.69 Å². The summed E-state index contributed by atoms with van der Waals surface area (Å²) in [6.45, 7) is 0. The van der Waals surface area contributed by atoms with E-state index in [-0.39, 0.29) is 0 Å². The third kappa shape index (κ3) is 2.83. The van der Waals surface area contributed by atoms with E-state index in [0.717, 1.165) is 34.4 Å². The summed E-state index contributed by atoms with van der Waals surface area (Å²) in [4.78, 5) is 5.94. The third-order valence-corrected chi connectivity index (χ3v) is 4.49. The van der Waals surface area contributed by atoms with Gasteiger partial charge in [-0.2, -0.15) is 0 Å². The number of nitrogens with zero attached hydrogens (tertiary/aromatic N) is 2. The van der Waals surface area contributed by atoms with Gasteiger partial charge in [0, 0.05) is 24.4 Å². The summed E-state index contributed by atoms with van der Waals surface area (Å²) in [5.41, 5.74) is 5.11. The quantitative estimate of drug-likeness (QED) is 0.538. The van der Waals surface area contributed by atoms with Gasteiger partial charge in [-0.1, -0.05) is 42.5 Å². The SMILES string of the molecule is N=C1CCc2cc(-c3cccnc3)ccc2N1C(=N)c1ccccc1. The van der Waals surface area contributed by atoms with Crippen LogP contribution in [-0.4, -0.2) is 16.7 Å². The van der Waals surface area contributed by atoms with Gasteiger partial charge in [0.15, 0.2) is 0 Å². The summed E-state index contributed by atoms with van der Waals surface area (Å²) >= 11 is 0. The molecule has 4 nitrogen and oxygen atoms in total. The molecule has 0 unspecified atom stereocenters. The molecule has 2 heterocycles. The molecule has 1 aromatic heterocycles. The number of hydrogen-bond donors (Lipinski definition) is 2. The minimum absolute atomic E-state index is 0.348. The second-order valence-electron chi connectivity index (χ2n) is 6.08. The molecular weight excluding hydrogens is 308 g/mol. The largest absolute Gasteiger partial charge is 0.288 e. The van der Waals surface area contributed by atoms with E-state index in [2.05, 4.69) is 11.1 Å². The van der Waals surface area contributed by atoms with Crippen molar-refractivity contribution in [3.8, 4) is 11.1 Å². The van der Waals surface area contributed by atoms with Crippen LogP contribution in [0.2, 0.25) is 0 Å². The van der Waals surface area contributed by atoms with E-state index in [0.29, 0.717) is 18.1 Å². The topological polar surface area (TPSA) is 63.8 Å². The zero-order valence-corrected chi connectivity index (χ0v) is 13.7. The van der Waals surface area contributed by atoms with Crippen molar-refractivity contribution < 1.29 is 0 Å². The predicted octanol–water partition coefficient (Wildman–Crippen LogP) is 4.50. The first kappa shape index (κ1) is 15.3. The molecule has 25 heavy (non-hydrogen) atoms. The molecule has 122 valence electrons. The lowest BCUT2D eigenvalue weighted by Crippen LogP contribution is -2.39. The van der Waals surface area contributed by atoms with E-state index in [1.165, 1.54) is 0 Å². The van der Waals surface area contributed by atoms with Gasteiger partial charge in [-0.3, -0.25) is 20.7 Å². The second kappa shape index (κ2) is 6.32. The Labute approximate surface area is 146 Å². The number of fused-ring (bicyclic) bond motifs is 1. The number of rotatable bonds is 2. The van der Waals surface area contributed by atoms with E-state index >= 15 is 0 Å². The number of benzene rings is 2. The number of nitrogens with one attached hydrogen (secondary N) is 2. The summed E-state index contributed by atoms with van der Waals surface area (Å²) in [6.07, 6.45) is 5.09. The summed E-state index contributed by atoms with van der Waals surface area (Å²) in [6, 6.07) is 19.8. The molecule has 0 amide bonds. The Hall–Kier alpha value is -3.27. The van der Waals surface area contributed by atoms with Crippen LogP contribution < -0.4 is 4.90 Å². The lowest BCUT2D eigenvalue weighted by Gasteiger charge is -2.32. The van der Waals surface area contributed by atoms with Gasteiger partial charge in [0.2, 0.25) is 0 Å². The molecule has 4 heteroatoms. The van der Waals surface area contributed by atoms with Crippen molar-refractivity contribution in [2.75, 3.05) is 4.90 Å². The van der Waals surface area contributed by atoms with Crippen molar-refractivity contribution in [3.63, 3.8) is 0 Å². The smallest absolute Gasteiger partial charge is 0.138 e. The van der Waals surface area contributed by atoms with Crippen LogP contribution in [0.15, 0.2) is 73.1 Å². The molecule has 0 radical (unpaired) electrons. The highest BCUT2D eigenvalue weighted by Gasteiger charge is 2.25. The van der Waals surface area contributed by atoms with Gasteiger partial charge in [0.25, 0.3) is 0 Å². The fourth-order valence-electron chi connectivity index (χ4n) is 3.21. The van der Waals surface area contributed by atoms with Gasteiger partial charge in [0.1, 0.15) is 11.7 Å². The van der Waals surface area contributed by atoms with Gasteiger partial charge in [-0.05, 0) is 41.3 Å². The molecule has 2 N–H and O–H groups in total. The highest BCUT2D eigenvalue weighted by atomic mass is 15.2. The van der Waals surface area contributed by atoms with Gasteiger partial charge in [-0.15, -0.1) is 0 Å². The fraction of sp³-hybridized carbons (Fsp3) is 0.0952. The zero-order chi connectivity index (χ0) is 17.2. The van der Waals surface area contributed by atoms with Crippen molar-refractivity contribution in [3.05, 3.63) is 84.2 Å². The van der Waals surface area contributed by atoms with E-state index in [9.17, 15) is 0 Å². The van der Waals surface area contributed by atoms with Crippen LogP contribution in [0.5, 0.6) is 0 Å². The Morgan fingerprint density at radius 1 is 0.920 bits per heavy atom. The second-order valence-corrected chi connectivity index (χ2v) is 6.08. The Kier molecular flexibility index (Phi) is 3.86. The summed E-state index contributed by atoms with van der Waals surface area (Å²) in [5.74, 6) is 0.816. The number of hydrogen-bond acceptors (Lipinski definition) is 3. The molecule has 1 aliphatic rings. The number of aromatic nitrogens is 1. The lowest BCUT2D eigenvalue weighted by molar-refractivity contribution is 0.969. The molecule has 4 rings (SSSR count). The van der Waals surface area contributed by atoms with E-state index in [1.54, 1.807) is 11.1 Å². The van der Waals surface area contributed by atoms with Crippen LogP contribution in [0.25, 0.3) is 11.1 Å². The maximum atomic E-state index is 8.58. The predicted molar refractivity (Wildman–Crippen MR) is 101 cm³/mol. The molecule has 2 aromatic carbocycles. The molecule has 0 aliphatic carbocycles. The van der Waals surface area contributed by atoms with Crippen molar-refractivity contribution in [1.82, 2.24) is 4.98 Å². The fourth-order valence-corrected chi connectivity index (χ4v) is 3.21. The Morgan fingerprint density at radius 3 is 2.52 bits per heavy atom. The van der Waals surface area contributed by atoms with Crippen molar-refractivity contribution in [2.45, 2.75) is 12.8 Å². The Morgan fingerprint density at radius 2 is 1.76 bits per heavy atom. The van der Waals surface area contributed by atoms with Crippen LogP contribution >= 0.6 is 0 Å². The van der Waals surface area contributed by atoms with Crippen LogP contribution in [0, 0.1) is 10.8 Å². The maximum Gasteiger partial charge on any atom is 0.138 e. The molecule has 0 atom stereocenters. The lowest BCUT2D eigenvalue weighted by atomic mass is 9.95. The zero-order valence-electron chi connectivity index (χ0n) is 13.7. The van der Waals surface area contributed by atoms with Gasteiger partial charge < -0.3 is 0 Å².